The number of aryl methyl sites for hydroxylation is 4. The van der Waals surface area contributed by atoms with E-state index in [0.29, 0.717) is 0 Å². The molecule has 3 aromatic carbocycles. The Labute approximate surface area is 263 Å². The fourth-order valence-electron chi connectivity index (χ4n) is 6.77. The van der Waals surface area contributed by atoms with Crippen molar-refractivity contribution in [2.45, 2.75) is 73.6 Å². The highest BCUT2D eigenvalue weighted by Gasteiger charge is 2.38. The van der Waals surface area contributed by atoms with Gasteiger partial charge in [0.15, 0.2) is 0 Å². The zero-order chi connectivity index (χ0) is 31.1. The standard InChI is InChI=1S/C41H45NS/c1-11-16-17-33-28(8)43-38(15-5)40(33)37(14-4)42(29-20-18-26(6)19-21-29)30-22-23-34-35(25-30)41(9,10)36-24-27(7)31(12-2)32(13-3)39(34)36/h12-14,16-25H,2-3,11,15H2,1,4-10H3/b17-16-,37-14+. The van der Waals surface area contributed by atoms with Crippen LogP contribution in [0.15, 0.2) is 73.8 Å². The first-order valence-corrected chi connectivity index (χ1v) is 16.3. The molecule has 1 nitrogen and oxygen atoms in total. The van der Waals surface area contributed by atoms with Gasteiger partial charge in [0.1, 0.15) is 0 Å². The quantitative estimate of drug-likeness (QED) is 0.189. The summed E-state index contributed by atoms with van der Waals surface area (Å²) in [7, 11) is 0. The molecule has 0 radical (unpaired) electrons. The maximum atomic E-state index is 4.22. The summed E-state index contributed by atoms with van der Waals surface area (Å²) in [6.45, 7) is 26.3. The number of fused-ring (bicyclic) bond motifs is 3. The van der Waals surface area contributed by atoms with Crippen molar-refractivity contribution >= 4 is 46.6 Å². The number of nitrogens with zero attached hydrogens (tertiary/aromatic N) is 1. The molecule has 220 valence electrons. The Kier molecular flexibility index (Phi) is 8.54. The summed E-state index contributed by atoms with van der Waals surface area (Å²) in [5.74, 6) is 0. The third-order valence-electron chi connectivity index (χ3n) is 9.01. The highest BCUT2D eigenvalue weighted by atomic mass is 32.1. The Morgan fingerprint density at radius 3 is 2.14 bits per heavy atom. The molecule has 1 heterocycles. The lowest BCUT2D eigenvalue weighted by Gasteiger charge is -2.31. The first kappa shape index (κ1) is 30.6. The summed E-state index contributed by atoms with van der Waals surface area (Å²) in [6.07, 6.45) is 12.9. The van der Waals surface area contributed by atoms with Crippen LogP contribution < -0.4 is 4.90 Å². The van der Waals surface area contributed by atoms with E-state index in [1.807, 2.05) is 23.5 Å². The van der Waals surface area contributed by atoms with Gasteiger partial charge in [-0.3, -0.25) is 0 Å². The van der Waals surface area contributed by atoms with Gasteiger partial charge in [-0.15, -0.1) is 11.3 Å². The molecule has 0 N–H and O–H groups in total. The predicted molar refractivity (Wildman–Crippen MR) is 194 cm³/mol. The van der Waals surface area contributed by atoms with Crippen LogP contribution in [0, 0.1) is 20.8 Å². The van der Waals surface area contributed by atoms with Crippen LogP contribution in [0.5, 0.6) is 0 Å². The summed E-state index contributed by atoms with van der Waals surface area (Å²) in [5.41, 5.74) is 16.3. The van der Waals surface area contributed by atoms with Crippen LogP contribution in [0.4, 0.5) is 11.4 Å². The minimum Gasteiger partial charge on any atom is -0.310 e. The van der Waals surface area contributed by atoms with E-state index in [1.165, 1.54) is 82.5 Å². The van der Waals surface area contributed by atoms with Crippen molar-refractivity contribution in [3.05, 3.63) is 128 Å². The van der Waals surface area contributed by atoms with E-state index in [1.54, 1.807) is 0 Å². The zero-order valence-corrected chi connectivity index (χ0v) is 28.0. The van der Waals surface area contributed by atoms with Crippen LogP contribution in [-0.4, -0.2) is 0 Å². The molecule has 0 saturated carbocycles. The van der Waals surface area contributed by atoms with Crippen molar-refractivity contribution in [1.82, 2.24) is 0 Å². The van der Waals surface area contributed by atoms with Gasteiger partial charge in [0.2, 0.25) is 0 Å². The van der Waals surface area contributed by atoms with Gasteiger partial charge in [-0.2, -0.15) is 0 Å². The minimum absolute atomic E-state index is 0.152. The average Bonchev–Trinajstić information content (AvgIpc) is 3.43. The summed E-state index contributed by atoms with van der Waals surface area (Å²) < 4.78 is 0. The molecule has 0 spiro atoms. The number of hydrogen-bond donors (Lipinski definition) is 0. The second-order valence-corrected chi connectivity index (χ2v) is 13.4. The molecule has 1 aliphatic carbocycles. The van der Waals surface area contributed by atoms with Gasteiger partial charge in [0, 0.05) is 32.1 Å². The van der Waals surface area contributed by atoms with Gasteiger partial charge in [0.05, 0.1) is 5.70 Å². The van der Waals surface area contributed by atoms with Gasteiger partial charge in [-0.05, 0) is 109 Å². The maximum Gasteiger partial charge on any atom is 0.0508 e. The number of thiophene rings is 1. The molecular weight excluding hydrogens is 539 g/mol. The molecule has 5 rings (SSSR count). The topological polar surface area (TPSA) is 3.24 Å². The van der Waals surface area contributed by atoms with Crippen molar-refractivity contribution in [1.29, 1.82) is 0 Å². The molecule has 4 aromatic rings. The highest BCUT2D eigenvalue weighted by molar-refractivity contribution is 7.12. The van der Waals surface area contributed by atoms with Crippen LogP contribution in [0.3, 0.4) is 0 Å². The first-order valence-electron chi connectivity index (χ1n) is 15.5. The van der Waals surface area contributed by atoms with Gasteiger partial charge in [-0.25, -0.2) is 0 Å². The van der Waals surface area contributed by atoms with E-state index in [-0.39, 0.29) is 5.41 Å². The molecule has 0 fully saturated rings. The molecule has 0 bridgehead atoms. The molecule has 1 aromatic heterocycles. The smallest absolute Gasteiger partial charge is 0.0508 e. The minimum atomic E-state index is -0.152. The van der Waals surface area contributed by atoms with E-state index in [9.17, 15) is 0 Å². The average molecular weight is 584 g/mol. The largest absolute Gasteiger partial charge is 0.310 e. The molecule has 0 saturated heterocycles. The van der Waals surface area contributed by atoms with Crippen molar-refractivity contribution < 1.29 is 0 Å². The Balaban J connectivity index is 1.78. The summed E-state index contributed by atoms with van der Waals surface area (Å²) in [6, 6.07) is 18.4. The number of rotatable bonds is 9. The van der Waals surface area contributed by atoms with Crippen LogP contribution in [0.25, 0.3) is 35.1 Å². The Morgan fingerprint density at radius 2 is 1.53 bits per heavy atom. The van der Waals surface area contributed by atoms with E-state index in [2.05, 4.69) is 140 Å². The van der Waals surface area contributed by atoms with Crippen LogP contribution in [0.1, 0.15) is 95.3 Å². The van der Waals surface area contributed by atoms with Crippen molar-refractivity contribution in [3.63, 3.8) is 0 Å². The summed E-state index contributed by atoms with van der Waals surface area (Å²) in [5, 5.41) is 0. The van der Waals surface area contributed by atoms with Crippen molar-refractivity contribution in [3.8, 4) is 11.1 Å². The maximum absolute atomic E-state index is 4.22. The Morgan fingerprint density at radius 1 is 0.860 bits per heavy atom. The van der Waals surface area contributed by atoms with Gasteiger partial charge < -0.3 is 4.90 Å². The lowest BCUT2D eigenvalue weighted by atomic mass is 9.80. The number of benzene rings is 3. The lowest BCUT2D eigenvalue weighted by Crippen LogP contribution is -2.19. The summed E-state index contributed by atoms with van der Waals surface area (Å²) >= 11 is 1.93. The number of anilines is 2. The molecule has 0 aliphatic heterocycles. The lowest BCUT2D eigenvalue weighted by molar-refractivity contribution is 0.659. The SMILES string of the molecule is C=Cc1c(C)cc2c(c1C=C)-c1ccc(N(/C(=C/C)c3c(CC)sc(C)c3/C=C\CC)c3ccc(C)cc3)cc1C2(C)C. The highest BCUT2D eigenvalue weighted by Crippen LogP contribution is 2.53. The van der Waals surface area contributed by atoms with Crippen LogP contribution in [-0.2, 0) is 11.8 Å². The van der Waals surface area contributed by atoms with E-state index < -0.39 is 0 Å². The predicted octanol–water partition coefficient (Wildman–Crippen LogP) is 12.5. The molecule has 0 atom stereocenters. The number of allylic oxidation sites excluding steroid dienone is 2. The molecule has 0 amide bonds. The van der Waals surface area contributed by atoms with E-state index in [4.69, 9.17) is 0 Å². The Hall–Kier alpha value is -3.88. The first-order chi connectivity index (χ1) is 20.6. The van der Waals surface area contributed by atoms with Crippen molar-refractivity contribution in [2.24, 2.45) is 0 Å². The molecule has 2 heteroatoms. The monoisotopic (exact) mass is 583 g/mol. The number of hydrogen-bond acceptors (Lipinski definition) is 2. The van der Waals surface area contributed by atoms with Crippen LogP contribution >= 0.6 is 11.3 Å². The van der Waals surface area contributed by atoms with Gasteiger partial charge >= 0.3 is 0 Å². The summed E-state index contributed by atoms with van der Waals surface area (Å²) in [4.78, 5) is 5.27. The van der Waals surface area contributed by atoms with E-state index >= 15 is 0 Å². The second-order valence-electron chi connectivity index (χ2n) is 12.1. The second kappa shape index (κ2) is 12.0. The van der Waals surface area contributed by atoms with E-state index in [0.717, 1.165) is 12.8 Å². The van der Waals surface area contributed by atoms with Gasteiger partial charge in [0.25, 0.3) is 0 Å². The van der Waals surface area contributed by atoms with Crippen LogP contribution in [0.2, 0.25) is 0 Å². The van der Waals surface area contributed by atoms with Crippen molar-refractivity contribution in [2.75, 3.05) is 4.90 Å². The zero-order valence-electron chi connectivity index (χ0n) is 27.2. The molecule has 1 aliphatic rings. The van der Waals surface area contributed by atoms with Gasteiger partial charge in [-0.1, -0.05) is 101 Å². The molecule has 0 unspecified atom stereocenters. The molecule has 43 heavy (non-hydrogen) atoms. The Bertz CT molecular complexity index is 1770. The fraction of sp³-hybridized carbons (Fsp3) is 0.268. The normalized spacial score (nSPS) is 13.7. The molecular formula is C41H45NS. The fourth-order valence-corrected chi connectivity index (χ4v) is 7.88. The third kappa shape index (κ3) is 5.06. The third-order valence-corrected chi connectivity index (χ3v) is 10.3.